The summed E-state index contributed by atoms with van der Waals surface area (Å²) in [6.07, 6.45) is -11.7. The van der Waals surface area contributed by atoms with Crippen LogP contribution in [0.2, 0.25) is 0 Å². The molecule has 0 aliphatic rings. The van der Waals surface area contributed by atoms with E-state index in [2.05, 4.69) is 0 Å². The molecule has 0 aliphatic heterocycles. The van der Waals surface area contributed by atoms with Crippen LogP contribution in [0.4, 0.5) is 43.9 Å². The van der Waals surface area contributed by atoms with Crippen LogP contribution in [0.15, 0.2) is 60.2 Å². The fourth-order valence-electron chi connectivity index (χ4n) is 3.07. The Hall–Kier alpha value is -3.04. The summed E-state index contributed by atoms with van der Waals surface area (Å²) in [7, 11) is 0. The van der Waals surface area contributed by atoms with Crippen molar-refractivity contribution in [1.82, 2.24) is 0 Å². The van der Waals surface area contributed by atoms with Crippen LogP contribution in [0.1, 0.15) is 11.1 Å². The molecule has 0 spiro atoms. The molecule has 0 heterocycles. The second kappa shape index (κ2) is 7.33. The molecular formula is C20H8F10. The van der Waals surface area contributed by atoms with Crippen LogP contribution in [-0.4, -0.2) is 12.4 Å². The standard InChI is InChI=1S/C20H8F10/c21-15(17(23)19(25,26)27)13-11-7-3-1-5-9(11)10-6-2-4-8-12(10)14(13)16(22)18(24)20(28,29)30/h1-8H/b17-15-,18-16-. The van der Waals surface area contributed by atoms with E-state index in [1.807, 2.05) is 0 Å². The molecule has 30 heavy (non-hydrogen) atoms. The van der Waals surface area contributed by atoms with Crippen molar-refractivity contribution in [2.75, 3.05) is 0 Å². The van der Waals surface area contributed by atoms with Gasteiger partial charge in [-0.3, -0.25) is 0 Å². The summed E-state index contributed by atoms with van der Waals surface area (Å²) in [4.78, 5) is 0. The smallest absolute Gasteiger partial charge is 0.203 e. The summed E-state index contributed by atoms with van der Waals surface area (Å²) in [5, 5.41) is -1.07. The SMILES string of the molecule is F/C(=C(\F)C(F)(F)F)c1c(/C(F)=C(/F)C(F)(F)F)c2ccccc2c2ccccc12. The van der Waals surface area contributed by atoms with Crippen molar-refractivity contribution in [3.63, 3.8) is 0 Å². The number of rotatable bonds is 2. The normalized spacial score (nSPS) is 14.7. The molecule has 0 aromatic heterocycles. The van der Waals surface area contributed by atoms with Crippen LogP contribution in [0.3, 0.4) is 0 Å². The van der Waals surface area contributed by atoms with Gasteiger partial charge in [-0.05, 0) is 21.5 Å². The van der Waals surface area contributed by atoms with E-state index >= 15 is 0 Å². The maximum atomic E-state index is 14.7. The van der Waals surface area contributed by atoms with Gasteiger partial charge in [0.25, 0.3) is 0 Å². The largest absolute Gasteiger partial charge is 0.445 e. The van der Waals surface area contributed by atoms with Gasteiger partial charge in [-0.1, -0.05) is 48.5 Å². The molecule has 3 aromatic rings. The lowest BCUT2D eigenvalue weighted by Gasteiger charge is -2.17. The summed E-state index contributed by atoms with van der Waals surface area (Å²) < 4.78 is 133. The van der Waals surface area contributed by atoms with Crippen molar-refractivity contribution in [2.45, 2.75) is 12.4 Å². The minimum absolute atomic E-state index is 0.00260. The Morgan fingerprint density at radius 1 is 0.467 bits per heavy atom. The number of hydrogen-bond donors (Lipinski definition) is 0. The number of halogens is 10. The lowest BCUT2D eigenvalue weighted by atomic mass is 9.89. The molecular weight excluding hydrogens is 430 g/mol. The molecule has 0 amide bonds. The highest BCUT2D eigenvalue weighted by molar-refractivity contribution is 6.16. The maximum absolute atomic E-state index is 14.7. The monoisotopic (exact) mass is 438 g/mol. The third-order valence-corrected chi connectivity index (χ3v) is 4.26. The van der Waals surface area contributed by atoms with Gasteiger partial charge < -0.3 is 0 Å². The second-order valence-corrected chi connectivity index (χ2v) is 6.09. The van der Waals surface area contributed by atoms with Gasteiger partial charge >= 0.3 is 12.4 Å². The maximum Gasteiger partial charge on any atom is 0.445 e. The van der Waals surface area contributed by atoms with Crippen LogP contribution in [0.5, 0.6) is 0 Å². The van der Waals surface area contributed by atoms with E-state index in [0.717, 1.165) is 12.1 Å². The van der Waals surface area contributed by atoms with Crippen LogP contribution in [0, 0.1) is 0 Å². The first-order valence-corrected chi connectivity index (χ1v) is 8.04. The van der Waals surface area contributed by atoms with Crippen molar-refractivity contribution in [1.29, 1.82) is 0 Å². The average Bonchev–Trinajstić information content (AvgIpc) is 2.69. The lowest BCUT2D eigenvalue weighted by Crippen LogP contribution is -2.12. The first-order valence-electron chi connectivity index (χ1n) is 8.04. The lowest BCUT2D eigenvalue weighted by molar-refractivity contribution is -0.109. The molecule has 0 aliphatic carbocycles. The van der Waals surface area contributed by atoms with Crippen molar-refractivity contribution in [2.24, 2.45) is 0 Å². The molecule has 0 fully saturated rings. The number of hydrogen-bond acceptors (Lipinski definition) is 0. The van der Waals surface area contributed by atoms with Gasteiger partial charge in [-0.25, -0.2) is 8.78 Å². The van der Waals surface area contributed by atoms with Gasteiger partial charge in [-0.2, -0.15) is 35.1 Å². The third-order valence-electron chi connectivity index (χ3n) is 4.26. The summed E-state index contributed by atoms with van der Waals surface area (Å²) in [5.41, 5.74) is -2.95. The first-order chi connectivity index (χ1) is 13.9. The van der Waals surface area contributed by atoms with Crippen molar-refractivity contribution in [3.05, 3.63) is 71.3 Å². The van der Waals surface area contributed by atoms with E-state index in [4.69, 9.17) is 0 Å². The molecule has 0 radical (unpaired) electrons. The van der Waals surface area contributed by atoms with Crippen molar-refractivity contribution in [3.8, 4) is 0 Å². The van der Waals surface area contributed by atoms with E-state index in [1.54, 1.807) is 0 Å². The summed E-state index contributed by atoms with van der Waals surface area (Å²) in [6.45, 7) is 0. The van der Waals surface area contributed by atoms with Crippen LogP contribution in [-0.2, 0) is 0 Å². The highest BCUT2D eigenvalue weighted by Gasteiger charge is 2.42. The third kappa shape index (κ3) is 3.61. The summed E-state index contributed by atoms with van der Waals surface area (Å²) in [5.74, 6) is -11.9. The molecule has 0 atom stereocenters. The van der Waals surface area contributed by atoms with Crippen molar-refractivity contribution < 1.29 is 43.9 Å². The fraction of sp³-hybridized carbons (Fsp3) is 0.100. The first kappa shape index (κ1) is 21.7. The minimum Gasteiger partial charge on any atom is -0.203 e. The number of benzene rings is 3. The van der Waals surface area contributed by atoms with E-state index in [-0.39, 0.29) is 10.8 Å². The molecule has 3 rings (SSSR count). The van der Waals surface area contributed by atoms with E-state index in [9.17, 15) is 43.9 Å². The Morgan fingerprint density at radius 3 is 1.00 bits per heavy atom. The fourth-order valence-corrected chi connectivity index (χ4v) is 3.07. The average molecular weight is 438 g/mol. The number of alkyl halides is 6. The second-order valence-electron chi connectivity index (χ2n) is 6.09. The quantitative estimate of drug-likeness (QED) is 0.279. The van der Waals surface area contributed by atoms with Crippen molar-refractivity contribution >= 4 is 33.2 Å². The number of allylic oxidation sites excluding steroid dienone is 2. The van der Waals surface area contributed by atoms with Gasteiger partial charge in [0.2, 0.25) is 11.7 Å². The Bertz CT molecular complexity index is 1100. The molecule has 0 saturated carbocycles. The van der Waals surface area contributed by atoms with E-state index < -0.39 is 57.6 Å². The zero-order valence-electron chi connectivity index (χ0n) is 14.4. The Kier molecular flexibility index (Phi) is 5.30. The molecule has 0 bridgehead atoms. The topological polar surface area (TPSA) is 0 Å². The molecule has 0 unspecified atom stereocenters. The van der Waals surface area contributed by atoms with E-state index in [1.165, 1.54) is 36.4 Å². The highest BCUT2D eigenvalue weighted by Crippen LogP contribution is 2.46. The molecule has 0 N–H and O–H groups in total. The van der Waals surface area contributed by atoms with Crippen LogP contribution >= 0.6 is 0 Å². The molecule has 0 saturated heterocycles. The molecule has 3 aromatic carbocycles. The summed E-state index contributed by atoms with van der Waals surface area (Å²) in [6, 6.07) is 9.56. The van der Waals surface area contributed by atoms with Gasteiger partial charge in [0.1, 0.15) is 0 Å². The number of fused-ring (bicyclic) bond motifs is 3. The highest BCUT2D eigenvalue weighted by atomic mass is 19.4. The summed E-state index contributed by atoms with van der Waals surface area (Å²) >= 11 is 0. The van der Waals surface area contributed by atoms with Gasteiger partial charge in [0, 0.05) is 11.1 Å². The van der Waals surface area contributed by atoms with Gasteiger partial charge in [0.05, 0.1) is 0 Å². The van der Waals surface area contributed by atoms with E-state index in [0.29, 0.717) is 0 Å². The van der Waals surface area contributed by atoms with Gasteiger partial charge in [-0.15, -0.1) is 0 Å². The Morgan fingerprint density at radius 2 is 0.733 bits per heavy atom. The Labute approximate surface area is 161 Å². The van der Waals surface area contributed by atoms with Gasteiger partial charge in [0.15, 0.2) is 11.7 Å². The Balaban J connectivity index is 2.65. The zero-order chi connectivity index (χ0) is 22.4. The van der Waals surface area contributed by atoms with Crippen LogP contribution in [0.25, 0.3) is 33.2 Å². The zero-order valence-corrected chi connectivity index (χ0v) is 14.4. The molecule has 158 valence electrons. The predicted octanol–water partition coefficient (Wildman–Crippen LogP) is 8.33. The molecule has 10 heteroatoms. The van der Waals surface area contributed by atoms with Crippen LogP contribution < -0.4 is 0 Å². The molecule has 0 nitrogen and oxygen atoms in total. The predicted molar refractivity (Wildman–Crippen MR) is 91.8 cm³/mol. The minimum atomic E-state index is -5.85.